The zero-order chi connectivity index (χ0) is 15.0. The average molecular weight is 318 g/mol. The van der Waals surface area contributed by atoms with Crippen LogP contribution in [0.5, 0.6) is 0 Å². The van der Waals surface area contributed by atoms with Crippen molar-refractivity contribution >= 4 is 22.6 Å². The summed E-state index contributed by atoms with van der Waals surface area (Å²) in [4.78, 5) is 7.69. The van der Waals surface area contributed by atoms with Crippen molar-refractivity contribution in [2.75, 3.05) is 0 Å². The maximum atomic E-state index is 13.2. The van der Waals surface area contributed by atoms with Crippen LogP contribution in [0.25, 0.3) is 11.0 Å². The van der Waals surface area contributed by atoms with E-state index in [4.69, 9.17) is 11.6 Å². The second kappa shape index (κ2) is 5.48. The SMILES string of the molecule is FC(F)(F)c1cn(CC2CCCCC2)c2ncnc(Cl)c12. The Balaban J connectivity index is 2.04. The van der Waals surface area contributed by atoms with Gasteiger partial charge in [0.25, 0.3) is 0 Å². The van der Waals surface area contributed by atoms with Gasteiger partial charge in [-0.3, -0.25) is 0 Å². The highest BCUT2D eigenvalue weighted by Crippen LogP contribution is 2.38. The molecule has 3 rings (SSSR count). The maximum Gasteiger partial charge on any atom is 0.418 e. The number of alkyl halides is 3. The lowest BCUT2D eigenvalue weighted by atomic mass is 9.89. The number of hydrogen-bond donors (Lipinski definition) is 0. The van der Waals surface area contributed by atoms with Crippen molar-refractivity contribution in [3.63, 3.8) is 0 Å². The molecule has 2 aromatic heterocycles. The zero-order valence-electron chi connectivity index (χ0n) is 11.3. The number of nitrogens with zero attached hydrogens (tertiary/aromatic N) is 3. The lowest BCUT2D eigenvalue weighted by Crippen LogP contribution is -2.14. The molecule has 0 atom stereocenters. The molecule has 3 nitrogen and oxygen atoms in total. The molecule has 1 fully saturated rings. The van der Waals surface area contributed by atoms with Crippen LogP contribution in [-0.4, -0.2) is 14.5 Å². The summed E-state index contributed by atoms with van der Waals surface area (Å²) >= 11 is 5.86. The first-order chi connectivity index (χ1) is 9.97. The lowest BCUT2D eigenvalue weighted by molar-refractivity contribution is -0.136. The van der Waals surface area contributed by atoms with Crippen molar-refractivity contribution in [2.24, 2.45) is 5.92 Å². The minimum atomic E-state index is -4.45. The van der Waals surface area contributed by atoms with Crippen molar-refractivity contribution in [2.45, 2.75) is 44.8 Å². The highest BCUT2D eigenvalue weighted by molar-refractivity contribution is 6.34. The Hall–Kier alpha value is -1.30. The van der Waals surface area contributed by atoms with Crippen LogP contribution in [0, 0.1) is 5.92 Å². The van der Waals surface area contributed by atoms with Gasteiger partial charge < -0.3 is 4.57 Å². The fraction of sp³-hybridized carbons (Fsp3) is 0.571. The molecule has 2 heterocycles. The molecule has 0 N–H and O–H groups in total. The molecule has 21 heavy (non-hydrogen) atoms. The molecular formula is C14H15ClF3N3. The molecule has 0 bridgehead atoms. The summed E-state index contributed by atoms with van der Waals surface area (Å²) in [6.45, 7) is 0.555. The smallest absolute Gasteiger partial charge is 0.331 e. The van der Waals surface area contributed by atoms with Crippen molar-refractivity contribution in [3.05, 3.63) is 23.2 Å². The fourth-order valence-electron chi connectivity index (χ4n) is 3.09. The standard InChI is InChI=1S/C14H15ClF3N3/c15-12-11-10(14(16,17)18)7-21(13(11)20-8-19-12)6-9-4-2-1-3-5-9/h7-9H,1-6H2. The van der Waals surface area contributed by atoms with Crippen molar-refractivity contribution < 1.29 is 13.2 Å². The van der Waals surface area contributed by atoms with Crippen LogP contribution in [-0.2, 0) is 12.7 Å². The van der Waals surface area contributed by atoms with E-state index in [1.807, 2.05) is 0 Å². The Morgan fingerprint density at radius 1 is 1.19 bits per heavy atom. The van der Waals surface area contributed by atoms with E-state index >= 15 is 0 Å². The summed E-state index contributed by atoms with van der Waals surface area (Å²) in [6.07, 6.45) is 3.49. The van der Waals surface area contributed by atoms with Crippen LogP contribution in [0.2, 0.25) is 5.15 Å². The molecule has 0 unspecified atom stereocenters. The molecule has 1 saturated carbocycles. The largest absolute Gasteiger partial charge is 0.418 e. The third kappa shape index (κ3) is 2.86. The lowest BCUT2D eigenvalue weighted by Gasteiger charge is -2.22. The van der Waals surface area contributed by atoms with E-state index in [0.29, 0.717) is 12.5 Å². The van der Waals surface area contributed by atoms with Gasteiger partial charge in [-0.05, 0) is 18.8 Å². The molecular weight excluding hydrogens is 303 g/mol. The Morgan fingerprint density at radius 2 is 1.90 bits per heavy atom. The van der Waals surface area contributed by atoms with E-state index in [9.17, 15) is 13.2 Å². The van der Waals surface area contributed by atoms with Gasteiger partial charge in [-0.2, -0.15) is 13.2 Å². The van der Waals surface area contributed by atoms with Gasteiger partial charge >= 0.3 is 6.18 Å². The Labute approximate surface area is 125 Å². The van der Waals surface area contributed by atoms with Gasteiger partial charge in [0.15, 0.2) is 0 Å². The quantitative estimate of drug-likeness (QED) is 0.753. The van der Waals surface area contributed by atoms with E-state index in [0.717, 1.165) is 31.9 Å². The van der Waals surface area contributed by atoms with Crippen LogP contribution >= 0.6 is 11.6 Å². The summed E-state index contributed by atoms with van der Waals surface area (Å²) in [7, 11) is 0. The van der Waals surface area contributed by atoms with Crippen LogP contribution in [0.3, 0.4) is 0 Å². The highest BCUT2D eigenvalue weighted by Gasteiger charge is 2.36. The molecule has 7 heteroatoms. The maximum absolute atomic E-state index is 13.2. The van der Waals surface area contributed by atoms with Gasteiger partial charge in [0, 0.05) is 12.7 Å². The minimum Gasteiger partial charge on any atom is -0.331 e. The number of hydrogen-bond acceptors (Lipinski definition) is 2. The number of rotatable bonds is 2. The van der Waals surface area contributed by atoms with Crippen LogP contribution in [0.1, 0.15) is 37.7 Å². The first-order valence-corrected chi connectivity index (χ1v) is 7.41. The zero-order valence-corrected chi connectivity index (χ0v) is 12.1. The van der Waals surface area contributed by atoms with E-state index < -0.39 is 11.7 Å². The summed E-state index contributed by atoms with van der Waals surface area (Å²) < 4.78 is 41.1. The van der Waals surface area contributed by atoms with Gasteiger partial charge in [0.05, 0.1) is 10.9 Å². The third-order valence-electron chi connectivity index (χ3n) is 4.09. The van der Waals surface area contributed by atoms with Gasteiger partial charge in [-0.15, -0.1) is 0 Å². The van der Waals surface area contributed by atoms with Crippen molar-refractivity contribution in [3.8, 4) is 0 Å². The predicted octanol–water partition coefficient (Wildman–Crippen LogP) is 4.68. The predicted molar refractivity (Wildman–Crippen MR) is 74.1 cm³/mol. The first kappa shape index (κ1) is 14.6. The van der Waals surface area contributed by atoms with Crippen molar-refractivity contribution in [1.29, 1.82) is 0 Å². The normalized spacial score (nSPS) is 17.5. The fourth-order valence-corrected chi connectivity index (χ4v) is 3.32. The van der Waals surface area contributed by atoms with E-state index in [2.05, 4.69) is 9.97 Å². The van der Waals surface area contributed by atoms with Crippen LogP contribution in [0.15, 0.2) is 12.5 Å². The first-order valence-electron chi connectivity index (χ1n) is 7.03. The topological polar surface area (TPSA) is 30.7 Å². The van der Waals surface area contributed by atoms with Gasteiger partial charge in [-0.1, -0.05) is 30.9 Å². The Kier molecular flexibility index (Phi) is 3.82. The van der Waals surface area contributed by atoms with Crippen LogP contribution in [0.4, 0.5) is 13.2 Å². The molecule has 0 saturated heterocycles. The van der Waals surface area contributed by atoms with Gasteiger partial charge in [0.2, 0.25) is 0 Å². The monoisotopic (exact) mass is 317 g/mol. The summed E-state index contributed by atoms with van der Waals surface area (Å²) in [5, 5.41) is -0.239. The Morgan fingerprint density at radius 3 is 2.57 bits per heavy atom. The highest BCUT2D eigenvalue weighted by atomic mass is 35.5. The second-order valence-corrected chi connectivity index (χ2v) is 5.92. The van der Waals surface area contributed by atoms with E-state index in [1.165, 1.54) is 12.7 Å². The second-order valence-electron chi connectivity index (χ2n) is 5.56. The summed E-state index contributed by atoms with van der Waals surface area (Å²) in [6, 6.07) is 0. The molecule has 1 aliphatic carbocycles. The summed E-state index contributed by atoms with van der Waals surface area (Å²) in [5.41, 5.74) is -0.480. The molecule has 1 aliphatic rings. The summed E-state index contributed by atoms with van der Waals surface area (Å²) in [5.74, 6) is 0.407. The number of fused-ring (bicyclic) bond motifs is 1. The molecule has 0 aromatic carbocycles. The number of aromatic nitrogens is 3. The average Bonchev–Trinajstić information content (AvgIpc) is 2.80. The molecule has 0 radical (unpaired) electrons. The van der Waals surface area contributed by atoms with E-state index in [1.54, 1.807) is 4.57 Å². The van der Waals surface area contributed by atoms with Gasteiger partial charge in [0.1, 0.15) is 17.1 Å². The number of halogens is 4. The van der Waals surface area contributed by atoms with E-state index in [-0.39, 0.29) is 16.2 Å². The minimum absolute atomic E-state index is 0.0949. The molecule has 0 aliphatic heterocycles. The Bertz CT molecular complexity index is 645. The molecule has 0 amide bonds. The molecule has 2 aromatic rings. The molecule has 0 spiro atoms. The van der Waals surface area contributed by atoms with Crippen molar-refractivity contribution in [1.82, 2.24) is 14.5 Å². The van der Waals surface area contributed by atoms with Crippen LogP contribution < -0.4 is 0 Å². The van der Waals surface area contributed by atoms with Gasteiger partial charge in [-0.25, -0.2) is 9.97 Å². The molecule has 114 valence electrons. The third-order valence-corrected chi connectivity index (χ3v) is 4.38.